The van der Waals surface area contributed by atoms with Gasteiger partial charge in [-0.3, -0.25) is 0 Å². The van der Waals surface area contributed by atoms with E-state index in [1.807, 2.05) is 0 Å². The summed E-state index contributed by atoms with van der Waals surface area (Å²) >= 11 is 0. The van der Waals surface area contributed by atoms with E-state index in [1.165, 1.54) is 70.4 Å². The second-order valence-electron chi connectivity index (χ2n) is 9.65. The first-order valence-electron chi connectivity index (χ1n) is 11.3. The molecular weight excluding hydrogens is 287 g/mol. The van der Waals surface area contributed by atoms with Crippen molar-refractivity contribution in [1.29, 1.82) is 0 Å². The molecule has 0 bridgehead atoms. The van der Waals surface area contributed by atoms with Crippen molar-refractivity contribution in [3.05, 3.63) is 0 Å². The van der Waals surface area contributed by atoms with Gasteiger partial charge < -0.3 is 0 Å². The summed E-state index contributed by atoms with van der Waals surface area (Å²) in [5.74, 6) is 2.63. The molecule has 0 aromatic carbocycles. The monoisotopic (exact) mass is 336 g/mol. The normalized spacial score (nSPS) is 16.0. The van der Waals surface area contributed by atoms with E-state index >= 15 is 0 Å². The standard InChI is InChI=1S/C23H49B/c1-9-12-14-23(7,15-13-10-2)18-20(4)17-21(5)22(6)19-24(8)16-11-3/h20-22H,9-19H2,1-8H3. The van der Waals surface area contributed by atoms with E-state index in [0.29, 0.717) is 5.41 Å². The molecule has 0 aliphatic heterocycles. The Labute approximate surface area is 156 Å². The second-order valence-corrected chi connectivity index (χ2v) is 9.65. The molecule has 0 spiro atoms. The van der Waals surface area contributed by atoms with Crippen LogP contribution in [-0.4, -0.2) is 6.71 Å². The summed E-state index contributed by atoms with van der Waals surface area (Å²) in [6, 6.07) is 0. The average Bonchev–Trinajstić information content (AvgIpc) is 2.51. The van der Waals surface area contributed by atoms with Gasteiger partial charge in [-0.15, -0.1) is 0 Å². The quantitative estimate of drug-likeness (QED) is 0.263. The van der Waals surface area contributed by atoms with Gasteiger partial charge in [0.05, 0.1) is 0 Å². The summed E-state index contributed by atoms with van der Waals surface area (Å²) in [5.41, 5.74) is 0.587. The predicted octanol–water partition coefficient (Wildman–Crippen LogP) is 8.60. The molecule has 0 rings (SSSR count). The maximum absolute atomic E-state index is 2.58. The van der Waals surface area contributed by atoms with Gasteiger partial charge in [0.25, 0.3) is 0 Å². The van der Waals surface area contributed by atoms with Gasteiger partial charge in [0.15, 0.2) is 0 Å². The Balaban J connectivity index is 4.45. The lowest BCUT2D eigenvalue weighted by Gasteiger charge is -2.34. The van der Waals surface area contributed by atoms with Crippen LogP contribution in [-0.2, 0) is 0 Å². The summed E-state index contributed by atoms with van der Waals surface area (Å²) in [5, 5.41) is 0. The van der Waals surface area contributed by atoms with E-state index in [-0.39, 0.29) is 0 Å². The highest BCUT2D eigenvalue weighted by Gasteiger charge is 2.27. The molecule has 0 amide bonds. The zero-order chi connectivity index (χ0) is 18.6. The molecule has 1 heteroatoms. The molecule has 24 heavy (non-hydrogen) atoms. The van der Waals surface area contributed by atoms with Crippen LogP contribution >= 0.6 is 0 Å². The Morgan fingerprint density at radius 1 is 0.833 bits per heavy atom. The molecule has 0 saturated carbocycles. The first kappa shape index (κ1) is 24.1. The summed E-state index contributed by atoms with van der Waals surface area (Å²) in [7, 11) is 0. The van der Waals surface area contributed by atoms with Gasteiger partial charge in [-0.05, 0) is 48.9 Å². The third-order valence-corrected chi connectivity index (χ3v) is 6.41. The largest absolute Gasteiger partial charge is 0.136 e. The Bertz CT molecular complexity index is 278. The molecule has 0 saturated heterocycles. The lowest BCUT2D eigenvalue weighted by atomic mass is 9.44. The highest BCUT2D eigenvalue weighted by Crippen LogP contribution is 2.39. The van der Waals surface area contributed by atoms with Crippen LogP contribution in [0.3, 0.4) is 0 Å². The molecule has 0 aromatic rings. The van der Waals surface area contributed by atoms with E-state index in [9.17, 15) is 0 Å². The minimum absolute atomic E-state index is 0.587. The van der Waals surface area contributed by atoms with Gasteiger partial charge in [0, 0.05) is 0 Å². The molecule has 3 atom stereocenters. The zero-order valence-electron chi connectivity index (χ0n) is 18.6. The van der Waals surface area contributed by atoms with Gasteiger partial charge in [0.1, 0.15) is 6.71 Å². The Hall–Kier alpha value is 0.0649. The Morgan fingerprint density at radius 2 is 1.38 bits per heavy atom. The van der Waals surface area contributed by atoms with Crippen molar-refractivity contribution >= 4 is 6.71 Å². The second kappa shape index (κ2) is 13.3. The third kappa shape index (κ3) is 10.8. The van der Waals surface area contributed by atoms with Gasteiger partial charge in [-0.1, -0.05) is 100 Å². The highest BCUT2D eigenvalue weighted by molar-refractivity contribution is 6.57. The van der Waals surface area contributed by atoms with E-state index in [2.05, 4.69) is 55.3 Å². The molecule has 0 N–H and O–H groups in total. The van der Waals surface area contributed by atoms with Crippen molar-refractivity contribution in [2.75, 3.05) is 0 Å². The van der Waals surface area contributed by atoms with E-state index < -0.39 is 0 Å². The third-order valence-electron chi connectivity index (χ3n) is 6.41. The van der Waals surface area contributed by atoms with Crippen molar-refractivity contribution in [3.8, 4) is 0 Å². The number of hydrogen-bond acceptors (Lipinski definition) is 0. The summed E-state index contributed by atoms with van der Waals surface area (Å²) in [4.78, 5) is 0. The fourth-order valence-electron chi connectivity index (χ4n) is 4.81. The number of hydrogen-bond donors (Lipinski definition) is 0. The van der Waals surface area contributed by atoms with Crippen LogP contribution in [0.15, 0.2) is 0 Å². The van der Waals surface area contributed by atoms with Crippen LogP contribution in [0, 0.1) is 23.2 Å². The van der Waals surface area contributed by atoms with Crippen LogP contribution in [0.25, 0.3) is 0 Å². The molecule has 0 fully saturated rings. The molecule has 3 unspecified atom stereocenters. The summed E-state index contributed by atoms with van der Waals surface area (Å²) < 4.78 is 0. The van der Waals surface area contributed by atoms with Gasteiger partial charge in [-0.25, -0.2) is 0 Å². The molecule has 0 aliphatic rings. The smallest absolute Gasteiger partial charge is 0.0861 e. The van der Waals surface area contributed by atoms with E-state index in [4.69, 9.17) is 0 Å². The molecule has 144 valence electrons. The molecule has 0 aromatic heterocycles. The van der Waals surface area contributed by atoms with E-state index in [0.717, 1.165) is 24.5 Å². The van der Waals surface area contributed by atoms with Crippen molar-refractivity contribution in [1.82, 2.24) is 0 Å². The molecule has 0 heterocycles. The fraction of sp³-hybridized carbons (Fsp3) is 1.00. The number of rotatable bonds is 15. The fourth-order valence-corrected chi connectivity index (χ4v) is 4.81. The maximum atomic E-state index is 2.58. The van der Waals surface area contributed by atoms with E-state index in [1.54, 1.807) is 0 Å². The van der Waals surface area contributed by atoms with Crippen molar-refractivity contribution < 1.29 is 0 Å². The molecule has 0 nitrogen and oxygen atoms in total. The highest BCUT2D eigenvalue weighted by atomic mass is 14.3. The SMILES string of the molecule is CCCCC(C)(CCCC)CC(C)CC(C)C(C)CB(C)CCC. The van der Waals surface area contributed by atoms with Crippen molar-refractivity contribution in [2.45, 2.75) is 126 Å². The average molecular weight is 336 g/mol. The summed E-state index contributed by atoms with van der Waals surface area (Å²) in [6.45, 7) is 20.5. The Kier molecular flexibility index (Phi) is 13.3. The lowest BCUT2D eigenvalue weighted by Crippen LogP contribution is -2.23. The summed E-state index contributed by atoms with van der Waals surface area (Å²) in [6.07, 6.45) is 15.4. The van der Waals surface area contributed by atoms with Crippen LogP contribution < -0.4 is 0 Å². The van der Waals surface area contributed by atoms with Gasteiger partial charge in [0.2, 0.25) is 0 Å². The minimum atomic E-state index is 0.587. The predicted molar refractivity (Wildman–Crippen MR) is 115 cm³/mol. The molecule has 0 radical (unpaired) electrons. The molecule has 0 aliphatic carbocycles. The first-order chi connectivity index (χ1) is 11.3. The lowest BCUT2D eigenvalue weighted by molar-refractivity contribution is 0.178. The van der Waals surface area contributed by atoms with Crippen LogP contribution in [0.4, 0.5) is 0 Å². The number of unbranched alkanes of at least 4 members (excludes halogenated alkanes) is 2. The van der Waals surface area contributed by atoms with Crippen molar-refractivity contribution in [2.24, 2.45) is 23.2 Å². The molecular formula is C23H49B. The van der Waals surface area contributed by atoms with Gasteiger partial charge in [-0.2, -0.15) is 0 Å². The van der Waals surface area contributed by atoms with Crippen LogP contribution in [0.5, 0.6) is 0 Å². The van der Waals surface area contributed by atoms with Crippen molar-refractivity contribution in [3.63, 3.8) is 0 Å². The Morgan fingerprint density at radius 3 is 1.83 bits per heavy atom. The first-order valence-corrected chi connectivity index (χ1v) is 11.3. The maximum Gasteiger partial charge on any atom is 0.136 e. The minimum Gasteiger partial charge on any atom is -0.0861 e. The topological polar surface area (TPSA) is 0 Å². The van der Waals surface area contributed by atoms with Gasteiger partial charge >= 0.3 is 0 Å². The zero-order valence-corrected chi connectivity index (χ0v) is 18.6. The van der Waals surface area contributed by atoms with Crippen LogP contribution in [0.1, 0.15) is 106 Å². The van der Waals surface area contributed by atoms with Crippen LogP contribution in [0.2, 0.25) is 19.5 Å².